The van der Waals surface area contributed by atoms with Crippen LogP contribution < -0.4 is 0 Å². The summed E-state index contributed by atoms with van der Waals surface area (Å²) < 4.78 is 5.32. The van der Waals surface area contributed by atoms with Crippen molar-refractivity contribution in [3.8, 4) is 0 Å². The molecule has 0 aromatic carbocycles. The van der Waals surface area contributed by atoms with Gasteiger partial charge in [-0.2, -0.15) is 0 Å². The Balaban J connectivity index is 4.05. The summed E-state index contributed by atoms with van der Waals surface area (Å²) >= 11 is 0. The molecule has 0 heterocycles. The van der Waals surface area contributed by atoms with Crippen molar-refractivity contribution >= 4 is 5.97 Å². The maximum absolute atomic E-state index is 11.1. The van der Waals surface area contributed by atoms with Crippen molar-refractivity contribution in [3.63, 3.8) is 0 Å². The van der Waals surface area contributed by atoms with Crippen molar-refractivity contribution < 1.29 is 14.6 Å². The molecule has 0 spiro atoms. The molecule has 0 rings (SSSR count). The number of aliphatic carboxylic acids is 1. The second-order valence-electron chi connectivity index (χ2n) is 4.24. The van der Waals surface area contributed by atoms with Crippen LogP contribution in [0.25, 0.3) is 0 Å². The fourth-order valence-corrected chi connectivity index (χ4v) is 1.17. The second kappa shape index (κ2) is 6.02. The molecule has 3 nitrogen and oxygen atoms in total. The molecule has 0 amide bonds. The standard InChI is InChI=1S/C11H22O3/c1-5-7-14-8-6-11(4,9(2)3)10(12)13/h9H,5-8H2,1-4H3,(H,12,13). The molecule has 84 valence electrons. The van der Waals surface area contributed by atoms with E-state index in [1.165, 1.54) is 0 Å². The number of carboxylic acid groups (broad SMARTS) is 1. The van der Waals surface area contributed by atoms with E-state index in [0.717, 1.165) is 6.42 Å². The molecule has 14 heavy (non-hydrogen) atoms. The predicted molar refractivity (Wildman–Crippen MR) is 56.3 cm³/mol. The molecule has 0 aliphatic heterocycles. The molecule has 0 aromatic heterocycles. The normalized spacial score (nSPS) is 15.5. The molecular formula is C11H22O3. The molecule has 3 heteroatoms. The molecular weight excluding hydrogens is 180 g/mol. The zero-order valence-corrected chi connectivity index (χ0v) is 9.67. The van der Waals surface area contributed by atoms with Gasteiger partial charge in [-0.25, -0.2) is 0 Å². The number of hydrogen-bond donors (Lipinski definition) is 1. The zero-order chi connectivity index (χ0) is 11.2. The van der Waals surface area contributed by atoms with Crippen LogP contribution in [0.5, 0.6) is 0 Å². The average Bonchev–Trinajstić information content (AvgIpc) is 2.11. The predicted octanol–water partition coefficient (Wildman–Crippen LogP) is 2.55. The molecule has 0 saturated heterocycles. The monoisotopic (exact) mass is 202 g/mol. The Bertz CT molecular complexity index is 177. The average molecular weight is 202 g/mol. The van der Waals surface area contributed by atoms with Gasteiger partial charge in [0.1, 0.15) is 0 Å². The number of rotatable bonds is 7. The van der Waals surface area contributed by atoms with E-state index < -0.39 is 11.4 Å². The minimum atomic E-state index is -0.729. The molecule has 0 aliphatic carbocycles. The lowest BCUT2D eigenvalue weighted by Crippen LogP contribution is -2.34. The van der Waals surface area contributed by atoms with Crippen LogP contribution in [0.15, 0.2) is 0 Å². The van der Waals surface area contributed by atoms with Crippen LogP contribution in [0.2, 0.25) is 0 Å². The van der Waals surface area contributed by atoms with Crippen LogP contribution in [0.3, 0.4) is 0 Å². The van der Waals surface area contributed by atoms with Gasteiger partial charge >= 0.3 is 5.97 Å². The summed E-state index contributed by atoms with van der Waals surface area (Å²) in [6, 6.07) is 0. The quantitative estimate of drug-likeness (QED) is 0.645. The van der Waals surface area contributed by atoms with Crippen LogP contribution >= 0.6 is 0 Å². The highest BCUT2D eigenvalue weighted by Crippen LogP contribution is 2.31. The smallest absolute Gasteiger partial charge is 0.309 e. The Morgan fingerprint density at radius 3 is 2.36 bits per heavy atom. The van der Waals surface area contributed by atoms with Crippen LogP contribution in [-0.2, 0) is 9.53 Å². The fourth-order valence-electron chi connectivity index (χ4n) is 1.17. The highest BCUT2D eigenvalue weighted by molar-refractivity contribution is 5.74. The first-order valence-corrected chi connectivity index (χ1v) is 5.26. The first-order chi connectivity index (χ1) is 6.45. The summed E-state index contributed by atoms with van der Waals surface area (Å²) in [6.07, 6.45) is 1.56. The first-order valence-electron chi connectivity index (χ1n) is 5.26. The van der Waals surface area contributed by atoms with Gasteiger partial charge in [0.25, 0.3) is 0 Å². The summed E-state index contributed by atoms with van der Waals surface area (Å²) in [5.41, 5.74) is -0.659. The number of ether oxygens (including phenoxy) is 1. The molecule has 0 fully saturated rings. The third kappa shape index (κ3) is 3.66. The van der Waals surface area contributed by atoms with Gasteiger partial charge < -0.3 is 9.84 Å². The minimum Gasteiger partial charge on any atom is -0.481 e. The number of carbonyl (C=O) groups is 1. The third-order valence-corrected chi connectivity index (χ3v) is 2.88. The fraction of sp³-hybridized carbons (Fsp3) is 0.909. The summed E-state index contributed by atoms with van der Waals surface area (Å²) in [5, 5.41) is 9.10. The van der Waals surface area contributed by atoms with Crippen molar-refractivity contribution in [1.82, 2.24) is 0 Å². The van der Waals surface area contributed by atoms with E-state index in [-0.39, 0.29) is 5.92 Å². The van der Waals surface area contributed by atoms with Gasteiger partial charge in [0.2, 0.25) is 0 Å². The Morgan fingerprint density at radius 1 is 1.43 bits per heavy atom. The van der Waals surface area contributed by atoms with Crippen molar-refractivity contribution in [2.75, 3.05) is 13.2 Å². The molecule has 1 N–H and O–H groups in total. The number of hydrogen-bond acceptors (Lipinski definition) is 2. The van der Waals surface area contributed by atoms with Gasteiger partial charge in [0.05, 0.1) is 5.41 Å². The van der Waals surface area contributed by atoms with Gasteiger partial charge in [0, 0.05) is 13.2 Å². The molecule has 0 saturated carbocycles. The van der Waals surface area contributed by atoms with Crippen LogP contribution in [0, 0.1) is 11.3 Å². The number of carboxylic acids is 1. The van der Waals surface area contributed by atoms with Crippen LogP contribution in [0.4, 0.5) is 0 Å². The van der Waals surface area contributed by atoms with E-state index in [2.05, 4.69) is 0 Å². The SMILES string of the molecule is CCCOCCC(C)(C(=O)O)C(C)C. The minimum absolute atomic E-state index is 0.130. The lowest BCUT2D eigenvalue weighted by atomic mass is 9.77. The van der Waals surface area contributed by atoms with Crippen LogP contribution in [0.1, 0.15) is 40.5 Å². The first kappa shape index (κ1) is 13.4. The lowest BCUT2D eigenvalue weighted by molar-refractivity contribution is -0.152. The van der Waals surface area contributed by atoms with Gasteiger partial charge in [-0.05, 0) is 25.7 Å². The molecule has 1 unspecified atom stereocenters. The van der Waals surface area contributed by atoms with E-state index in [0.29, 0.717) is 19.6 Å². The highest BCUT2D eigenvalue weighted by atomic mass is 16.5. The summed E-state index contributed by atoms with van der Waals surface area (Å²) in [5.74, 6) is -0.599. The van der Waals surface area contributed by atoms with Crippen molar-refractivity contribution in [1.29, 1.82) is 0 Å². The Hall–Kier alpha value is -0.570. The van der Waals surface area contributed by atoms with Crippen molar-refractivity contribution in [2.24, 2.45) is 11.3 Å². The largest absolute Gasteiger partial charge is 0.481 e. The maximum atomic E-state index is 11.1. The van der Waals surface area contributed by atoms with E-state index in [9.17, 15) is 4.79 Å². The highest BCUT2D eigenvalue weighted by Gasteiger charge is 2.35. The molecule has 0 bridgehead atoms. The summed E-state index contributed by atoms with van der Waals surface area (Å²) in [7, 11) is 0. The third-order valence-electron chi connectivity index (χ3n) is 2.88. The molecule has 0 aromatic rings. The van der Waals surface area contributed by atoms with Gasteiger partial charge in [-0.3, -0.25) is 4.79 Å². The summed E-state index contributed by atoms with van der Waals surface area (Å²) in [6.45, 7) is 8.96. The molecule has 0 aliphatic rings. The van der Waals surface area contributed by atoms with E-state index >= 15 is 0 Å². The lowest BCUT2D eigenvalue weighted by Gasteiger charge is -2.28. The van der Waals surface area contributed by atoms with Crippen molar-refractivity contribution in [3.05, 3.63) is 0 Å². The van der Waals surface area contributed by atoms with E-state index in [4.69, 9.17) is 9.84 Å². The summed E-state index contributed by atoms with van der Waals surface area (Å²) in [4.78, 5) is 11.1. The van der Waals surface area contributed by atoms with Crippen molar-refractivity contribution in [2.45, 2.75) is 40.5 Å². The molecule has 0 radical (unpaired) electrons. The Morgan fingerprint density at radius 2 is 2.00 bits per heavy atom. The van der Waals surface area contributed by atoms with Crippen LogP contribution in [-0.4, -0.2) is 24.3 Å². The van der Waals surface area contributed by atoms with E-state index in [1.54, 1.807) is 6.92 Å². The van der Waals surface area contributed by atoms with Gasteiger partial charge in [-0.1, -0.05) is 20.8 Å². The maximum Gasteiger partial charge on any atom is 0.309 e. The Labute approximate surface area is 86.5 Å². The molecule has 1 atom stereocenters. The second-order valence-corrected chi connectivity index (χ2v) is 4.24. The van der Waals surface area contributed by atoms with Gasteiger partial charge in [-0.15, -0.1) is 0 Å². The van der Waals surface area contributed by atoms with Gasteiger partial charge in [0.15, 0.2) is 0 Å². The zero-order valence-electron chi connectivity index (χ0n) is 9.67. The van der Waals surface area contributed by atoms with E-state index in [1.807, 2.05) is 20.8 Å². The Kier molecular flexibility index (Phi) is 5.77. The topological polar surface area (TPSA) is 46.5 Å².